The maximum atomic E-state index is 6.53. The normalized spacial score (nSPS) is 11.9. The Bertz CT molecular complexity index is 3480. The monoisotopic (exact) mass is 749 g/mol. The number of benzene rings is 9. The maximum Gasteiger partial charge on any atom is 0.143 e. The minimum absolute atomic E-state index is 0.905. The highest BCUT2D eigenvalue weighted by Crippen LogP contribution is 2.44. The summed E-state index contributed by atoms with van der Waals surface area (Å²) < 4.78 is 11.8. The minimum atomic E-state index is 0.905. The van der Waals surface area contributed by atoms with E-state index < -0.39 is 0 Å². The zero-order chi connectivity index (χ0) is 36.7. The molecule has 9 aromatic carbocycles. The Hall–Kier alpha value is -6.72. The van der Waals surface area contributed by atoms with Gasteiger partial charge in [-0.1, -0.05) is 115 Å². The summed E-state index contributed by atoms with van der Waals surface area (Å²) in [5.74, 6) is 0. The molecule has 12 rings (SSSR count). The summed E-state index contributed by atoms with van der Waals surface area (Å²) in [4.78, 5) is 2.38. The van der Waals surface area contributed by atoms with Crippen molar-refractivity contribution in [2.45, 2.75) is 0 Å². The highest BCUT2D eigenvalue weighted by molar-refractivity contribution is 7.26. The molecule has 0 atom stereocenters. The lowest BCUT2D eigenvalue weighted by Gasteiger charge is -2.26. The fraction of sp³-hybridized carbons (Fsp3) is 0. The third-order valence-corrected chi connectivity index (χ3v) is 13.6. The molecule has 0 unspecified atom stereocenters. The number of hydrogen-bond acceptors (Lipinski definition) is 4. The van der Waals surface area contributed by atoms with Gasteiger partial charge in [0.15, 0.2) is 0 Å². The maximum absolute atomic E-state index is 6.53. The van der Waals surface area contributed by atoms with Crippen LogP contribution in [0.25, 0.3) is 95.3 Å². The zero-order valence-electron chi connectivity index (χ0n) is 30.1. The quantitative estimate of drug-likeness (QED) is 0.174. The molecule has 0 radical (unpaired) electrons. The fourth-order valence-electron chi connectivity index (χ4n) is 8.59. The number of thiophene rings is 2. The van der Waals surface area contributed by atoms with Gasteiger partial charge in [-0.15, -0.1) is 22.7 Å². The second kappa shape index (κ2) is 12.4. The topological polar surface area (TPSA) is 16.4 Å². The zero-order valence-corrected chi connectivity index (χ0v) is 31.7. The van der Waals surface area contributed by atoms with Gasteiger partial charge in [-0.3, -0.25) is 0 Å². The summed E-state index contributed by atoms with van der Waals surface area (Å²) in [5, 5.41) is 9.84. The molecule has 0 spiro atoms. The third-order valence-electron chi connectivity index (χ3n) is 11.3. The third kappa shape index (κ3) is 4.93. The molecule has 0 aliphatic rings. The van der Waals surface area contributed by atoms with Crippen molar-refractivity contribution in [3.8, 4) is 22.3 Å². The van der Waals surface area contributed by atoms with Crippen molar-refractivity contribution in [1.82, 2.24) is 0 Å². The van der Waals surface area contributed by atoms with Gasteiger partial charge in [0.2, 0.25) is 0 Å². The standard InChI is InChI=1S/C52H31NOS2/c1-2-9-40-33(8-1)20-28-44-51-39(12-7-13-46(51)54-52(40)44)34-18-24-37(25-19-34)53(38-26-29-49-45(31-38)42-11-4-6-15-48(42)55-49)36-22-16-32(17-23-36)35-21-27-43-41-10-3-5-14-47(41)56-50(43)30-35/h1-31H. The fourth-order valence-corrected chi connectivity index (χ4v) is 10.8. The average Bonchev–Trinajstić information content (AvgIpc) is 3.95. The second-order valence-electron chi connectivity index (χ2n) is 14.5. The van der Waals surface area contributed by atoms with Crippen LogP contribution in [-0.4, -0.2) is 0 Å². The van der Waals surface area contributed by atoms with Gasteiger partial charge in [0, 0.05) is 73.6 Å². The van der Waals surface area contributed by atoms with E-state index in [-0.39, 0.29) is 0 Å². The molecule has 0 fully saturated rings. The summed E-state index contributed by atoms with van der Waals surface area (Å²) in [5.41, 5.74) is 9.94. The predicted octanol–water partition coefficient (Wildman–Crippen LogP) is 16.3. The molecular weight excluding hydrogens is 719 g/mol. The smallest absolute Gasteiger partial charge is 0.143 e. The molecule has 3 heterocycles. The van der Waals surface area contributed by atoms with Crippen molar-refractivity contribution < 1.29 is 4.42 Å². The van der Waals surface area contributed by atoms with Crippen molar-refractivity contribution in [1.29, 1.82) is 0 Å². The largest absolute Gasteiger partial charge is 0.455 e. The van der Waals surface area contributed by atoms with Crippen LogP contribution in [0.5, 0.6) is 0 Å². The molecule has 0 saturated heterocycles. The van der Waals surface area contributed by atoms with Crippen LogP contribution in [-0.2, 0) is 0 Å². The van der Waals surface area contributed by atoms with Crippen molar-refractivity contribution in [2.75, 3.05) is 4.90 Å². The lowest BCUT2D eigenvalue weighted by Crippen LogP contribution is -2.09. The van der Waals surface area contributed by atoms with Crippen LogP contribution in [0.2, 0.25) is 0 Å². The van der Waals surface area contributed by atoms with E-state index in [0.29, 0.717) is 0 Å². The molecule has 0 aliphatic carbocycles. The van der Waals surface area contributed by atoms with Gasteiger partial charge < -0.3 is 9.32 Å². The minimum Gasteiger partial charge on any atom is -0.455 e. The summed E-state index contributed by atoms with van der Waals surface area (Å²) >= 11 is 3.72. The summed E-state index contributed by atoms with van der Waals surface area (Å²) in [6.45, 7) is 0. The van der Waals surface area contributed by atoms with Gasteiger partial charge in [0.05, 0.1) is 0 Å². The molecule has 262 valence electrons. The summed E-state index contributed by atoms with van der Waals surface area (Å²) in [6.07, 6.45) is 0. The van der Waals surface area contributed by atoms with E-state index in [9.17, 15) is 0 Å². The Morgan fingerprint density at radius 1 is 0.357 bits per heavy atom. The number of nitrogens with zero attached hydrogens (tertiary/aromatic N) is 1. The molecular formula is C52H31NOS2. The average molecular weight is 750 g/mol. The van der Waals surface area contributed by atoms with Crippen molar-refractivity contribution >= 4 is 113 Å². The van der Waals surface area contributed by atoms with Crippen molar-refractivity contribution in [3.05, 3.63) is 188 Å². The number of anilines is 3. The van der Waals surface area contributed by atoms with E-state index in [2.05, 4.69) is 193 Å². The van der Waals surface area contributed by atoms with E-state index in [1.165, 1.54) is 62.4 Å². The van der Waals surface area contributed by atoms with Gasteiger partial charge >= 0.3 is 0 Å². The molecule has 0 bridgehead atoms. The van der Waals surface area contributed by atoms with Gasteiger partial charge in [0.1, 0.15) is 11.2 Å². The van der Waals surface area contributed by atoms with Crippen molar-refractivity contribution in [3.63, 3.8) is 0 Å². The summed E-state index contributed by atoms with van der Waals surface area (Å²) in [7, 11) is 0. The van der Waals surface area contributed by atoms with Crippen LogP contribution in [0.3, 0.4) is 0 Å². The molecule has 0 saturated carbocycles. The van der Waals surface area contributed by atoms with Gasteiger partial charge in [0.25, 0.3) is 0 Å². The Morgan fingerprint density at radius 2 is 0.946 bits per heavy atom. The molecule has 4 heteroatoms. The van der Waals surface area contributed by atoms with Gasteiger partial charge in [-0.25, -0.2) is 0 Å². The Labute approximate surface area is 330 Å². The molecule has 0 N–H and O–H groups in total. The SMILES string of the molecule is c1ccc2c(c1)ccc1c2oc2cccc(-c3ccc(N(c4ccc(-c5ccc6c(c5)sc5ccccc56)cc4)c4ccc5sc6ccccc6c5c4)cc3)c21. The molecule has 12 aromatic rings. The molecule has 3 aromatic heterocycles. The van der Waals surface area contributed by atoms with Crippen LogP contribution in [0.1, 0.15) is 0 Å². The number of rotatable bonds is 5. The number of furan rings is 1. The first-order valence-corrected chi connectivity index (χ1v) is 20.5. The first kappa shape index (κ1) is 31.6. The second-order valence-corrected chi connectivity index (χ2v) is 16.6. The Morgan fingerprint density at radius 3 is 1.73 bits per heavy atom. The van der Waals surface area contributed by atoms with Crippen LogP contribution in [0, 0.1) is 0 Å². The lowest BCUT2D eigenvalue weighted by atomic mass is 9.98. The lowest BCUT2D eigenvalue weighted by molar-refractivity contribution is 0.673. The van der Waals surface area contributed by atoms with E-state index >= 15 is 0 Å². The predicted molar refractivity (Wildman–Crippen MR) is 243 cm³/mol. The van der Waals surface area contributed by atoms with Crippen molar-refractivity contribution in [2.24, 2.45) is 0 Å². The molecule has 0 aliphatic heterocycles. The molecule has 0 amide bonds. The van der Waals surface area contributed by atoms with E-state index in [0.717, 1.165) is 50.0 Å². The first-order valence-electron chi connectivity index (χ1n) is 18.9. The van der Waals surface area contributed by atoms with E-state index in [1.54, 1.807) is 0 Å². The first-order chi connectivity index (χ1) is 27.7. The highest BCUT2D eigenvalue weighted by atomic mass is 32.1. The van der Waals surface area contributed by atoms with E-state index in [1.807, 2.05) is 22.7 Å². The van der Waals surface area contributed by atoms with Gasteiger partial charge in [-0.2, -0.15) is 0 Å². The Kier molecular flexibility index (Phi) is 7.00. The molecule has 2 nitrogen and oxygen atoms in total. The van der Waals surface area contributed by atoms with Crippen LogP contribution in [0.4, 0.5) is 17.1 Å². The van der Waals surface area contributed by atoms with Crippen LogP contribution in [0.15, 0.2) is 192 Å². The van der Waals surface area contributed by atoms with E-state index in [4.69, 9.17) is 4.42 Å². The molecule has 56 heavy (non-hydrogen) atoms. The highest BCUT2D eigenvalue weighted by Gasteiger charge is 2.18. The summed E-state index contributed by atoms with van der Waals surface area (Å²) in [6, 6.07) is 68.5. The van der Waals surface area contributed by atoms with Crippen LogP contribution >= 0.6 is 22.7 Å². The number of fused-ring (bicyclic) bond motifs is 11. The Balaban J connectivity index is 0.973. The van der Waals surface area contributed by atoms with Crippen LogP contribution < -0.4 is 4.90 Å². The van der Waals surface area contributed by atoms with Gasteiger partial charge in [-0.05, 0) is 100 Å². The number of hydrogen-bond donors (Lipinski definition) is 0.